The minimum Gasteiger partial charge on any atom is -0.356 e. The fraction of sp³-hybridized carbons (Fsp3) is 0.364. The summed E-state index contributed by atoms with van der Waals surface area (Å²) in [5.74, 6) is 2.33. The van der Waals surface area contributed by atoms with E-state index in [1.54, 1.807) is 0 Å². The van der Waals surface area contributed by atoms with Crippen molar-refractivity contribution in [2.75, 3.05) is 23.3 Å². The third-order valence-electron chi connectivity index (χ3n) is 5.69. The van der Waals surface area contributed by atoms with Crippen LogP contribution in [0, 0.1) is 19.8 Å². The number of benzene rings is 1. The van der Waals surface area contributed by atoms with Gasteiger partial charge < -0.3 is 4.90 Å². The number of thiazole rings is 1. The Morgan fingerprint density at radius 2 is 1.87 bits per heavy atom. The molecule has 0 unspecified atom stereocenters. The molecule has 6 nitrogen and oxygen atoms in total. The summed E-state index contributed by atoms with van der Waals surface area (Å²) in [5.41, 5.74) is 1.84. The zero-order chi connectivity index (χ0) is 20.8. The minimum absolute atomic E-state index is 0.134. The highest BCUT2D eigenvalue weighted by Gasteiger charge is 2.25. The molecule has 30 heavy (non-hydrogen) atoms. The number of hydrogen-bond acceptors (Lipinski definition) is 7. The van der Waals surface area contributed by atoms with Crippen LogP contribution in [0.1, 0.15) is 40.8 Å². The van der Waals surface area contributed by atoms with Crippen molar-refractivity contribution >= 4 is 60.0 Å². The van der Waals surface area contributed by atoms with Gasteiger partial charge in [-0.05, 0) is 50.3 Å². The first-order chi connectivity index (χ1) is 14.5. The zero-order valence-corrected chi connectivity index (χ0v) is 18.9. The largest absolute Gasteiger partial charge is 0.356 e. The van der Waals surface area contributed by atoms with E-state index in [1.807, 2.05) is 38.1 Å². The molecule has 0 atom stereocenters. The molecule has 1 aliphatic rings. The molecule has 1 N–H and O–H groups in total. The summed E-state index contributed by atoms with van der Waals surface area (Å²) in [5, 5.41) is 4.61. The van der Waals surface area contributed by atoms with E-state index in [4.69, 9.17) is 4.98 Å². The number of piperidine rings is 1. The molecular weight excluding hydrogens is 414 g/mol. The number of para-hydroxylation sites is 1. The van der Waals surface area contributed by atoms with Gasteiger partial charge in [-0.1, -0.05) is 30.4 Å². The van der Waals surface area contributed by atoms with Gasteiger partial charge in [0, 0.05) is 13.1 Å². The molecule has 1 saturated heterocycles. The lowest BCUT2D eigenvalue weighted by molar-refractivity contribution is 0.103. The fourth-order valence-electron chi connectivity index (χ4n) is 3.97. The van der Waals surface area contributed by atoms with Gasteiger partial charge in [0.2, 0.25) is 0 Å². The molecule has 0 saturated carbocycles. The number of rotatable bonds is 3. The van der Waals surface area contributed by atoms with Crippen molar-refractivity contribution in [3.63, 3.8) is 0 Å². The van der Waals surface area contributed by atoms with Gasteiger partial charge in [0.1, 0.15) is 16.5 Å². The molecule has 0 radical (unpaired) electrons. The summed E-state index contributed by atoms with van der Waals surface area (Å²) in [7, 11) is 0. The zero-order valence-electron chi connectivity index (χ0n) is 17.2. The number of nitrogens with zero attached hydrogens (tertiary/aromatic N) is 4. The van der Waals surface area contributed by atoms with Crippen molar-refractivity contribution in [2.45, 2.75) is 33.6 Å². The topological polar surface area (TPSA) is 71.0 Å². The number of nitrogens with one attached hydrogen (secondary N) is 1. The van der Waals surface area contributed by atoms with Crippen molar-refractivity contribution in [3.05, 3.63) is 40.5 Å². The smallest absolute Gasteiger partial charge is 0.267 e. The van der Waals surface area contributed by atoms with Gasteiger partial charge in [0.15, 0.2) is 5.13 Å². The van der Waals surface area contributed by atoms with Crippen LogP contribution in [0.5, 0.6) is 0 Å². The van der Waals surface area contributed by atoms with Crippen LogP contribution in [0.4, 0.5) is 10.9 Å². The van der Waals surface area contributed by atoms with E-state index in [1.165, 1.54) is 35.5 Å². The molecule has 0 aliphatic carbocycles. The average molecular weight is 438 g/mol. The fourth-order valence-corrected chi connectivity index (χ4v) is 5.94. The molecule has 1 aromatic carbocycles. The summed E-state index contributed by atoms with van der Waals surface area (Å²) in [6.45, 7) is 8.22. The predicted octanol–water partition coefficient (Wildman–Crippen LogP) is 5.41. The Labute approximate surface area is 183 Å². The first-order valence-electron chi connectivity index (χ1n) is 10.2. The second-order valence-electron chi connectivity index (χ2n) is 7.94. The van der Waals surface area contributed by atoms with Gasteiger partial charge >= 0.3 is 0 Å². The highest BCUT2D eigenvalue weighted by molar-refractivity contribution is 7.23. The number of thiophene rings is 1. The van der Waals surface area contributed by atoms with Gasteiger partial charge in [-0.2, -0.15) is 0 Å². The summed E-state index contributed by atoms with van der Waals surface area (Å²) in [6.07, 6.45) is 2.33. The van der Waals surface area contributed by atoms with Crippen LogP contribution in [0.15, 0.2) is 24.3 Å². The quantitative estimate of drug-likeness (QED) is 0.464. The van der Waals surface area contributed by atoms with Crippen LogP contribution in [0.2, 0.25) is 0 Å². The second kappa shape index (κ2) is 7.59. The number of carbonyl (C=O) groups excluding carboxylic acids is 1. The number of carbonyl (C=O) groups is 1. The van der Waals surface area contributed by atoms with Crippen LogP contribution in [0.25, 0.3) is 20.4 Å². The third kappa shape index (κ3) is 3.44. The Bertz CT molecular complexity index is 1220. The molecule has 4 heterocycles. The predicted molar refractivity (Wildman–Crippen MR) is 125 cm³/mol. The lowest BCUT2D eigenvalue weighted by Crippen LogP contribution is -2.33. The van der Waals surface area contributed by atoms with Crippen molar-refractivity contribution in [1.82, 2.24) is 15.0 Å². The third-order valence-corrected chi connectivity index (χ3v) is 7.82. The summed E-state index contributed by atoms with van der Waals surface area (Å²) < 4.78 is 1.06. The van der Waals surface area contributed by atoms with E-state index in [-0.39, 0.29) is 5.91 Å². The van der Waals surface area contributed by atoms with Gasteiger partial charge in [0.25, 0.3) is 5.91 Å². The maximum Gasteiger partial charge on any atom is 0.267 e. The molecule has 3 aromatic heterocycles. The summed E-state index contributed by atoms with van der Waals surface area (Å²) >= 11 is 2.92. The molecule has 8 heteroatoms. The number of amides is 1. The molecular formula is C22H23N5OS2. The van der Waals surface area contributed by atoms with E-state index in [0.717, 1.165) is 56.6 Å². The molecule has 4 aromatic rings. The standard InChI is InChI=1S/C22H23N5OS2/c1-12-8-10-27(11-9-12)19-17-13(2)18(30-21(17)24-14(3)23-19)20(28)26-22-25-15-6-4-5-7-16(15)29-22/h4-7,12H,8-11H2,1-3H3,(H,25,26,28). The SMILES string of the molecule is Cc1nc(N2CCC(C)CC2)c2c(C)c(C(=O)Nc3nc4ccccc4s3)sc2n1. The molecule has 5 rings (SSSR count). The van der Waals surface area contributed by atoms with Gasteiger partial charge in [0.05, 0.1) is 20.5 Å². The van der Waals surface area contributed by atoms with Gasteiger partial charge in [-0.15, -0.1) is 11.3 Å². The van der Waals surface area contributed by atoms with E-state index < -0.39 is 0 Å². The van der Waals surface area contributed by atoms with Crippen molar-refractivity contribution in [2.24, 2.45) is 5.92 Å². The first-order valence-corrected chi connectivity index (χ1v) is 11.8. The number of anilines is 2. The maximum absolute atomic E-state index is 13.1. The molecule has 1 amide bonds. The van der Waals surface area contributed by atoms with E-state index >= 15 is 0 Å². The van der Waals surface area contributed by atoms with Crippen LogP contribution in [-0.4, -0.2) is 33.9 Å². The lowest BCUT2D eigenvalue weighted by Gasteiger charge is -2.31. The highest BCUT2D eigenvalue weighted by Crippen LogP contribution is 2.37. The molecule has 0 spiro atoms. The van der Waals surface area contributed by atoms with E-state index in [2.05, 4.69) is 27.1 Å². The Kier molecular flexibility index (Phi) is 4.91. The van der Waals surface area contributed by atoms with E-state index in [0.29, 0.717) is 10.0 Å². The lowest BCUT2D eigenvalue weighted by atomic mass is 9.99. The Hall–Kier alpha value is -2.58. The molecule has 154 valence electrons. The Morgan fingerprint density at radius 1 is 1.10 bits per heavy atom. The van der Waals surface area contributed by atoms with Crippen molar-refractivity contribution < 1.29 is 4.79 Å². The summed E-state index contributed by atoms with van der Waals surface area (Å²) in [6, 6.07) is 7.90. The Morgan fingerprint density at radius 3 is 2.63 bits per heavy atom. The Balaban J connectivity index is 1.51. The normalized spacial score (nSPS) is 15.2. The van der Waals surface area contributed by atoms with E-state index in [9.17, 15) is 4.79 Å². The average Bonchev–Trinajstić information content (AvgIpc) is 3.28. The van der Waals surface area contributed by atoms with Gasteiger partial charge in [-0.3, -0.25) is 10.1 Å². The highest BCUT2D eigenvalue weighted by atomic mass is 32.1. The van der Waals surface area contributed by atoms with Crippen LogP contribution in [-0.2, 0) is 0 Å². The second-order valence-corrected chi connectivity index (χ2v) is 9.97. The van der Waals surface area contributed by atoms with Gasteiger partial charge in [-0.25, -0.2) is 15.0 Å². The first kappa shape index (κ1) is 19.4. The van der Waals surface area contributed by atoms with Crippen LogP contribution >= 0.6 is 22.7 Å². The number of fused-ring (bicyclic) bond motifs is 2. The van der Waals surface area contributed by atoms with Crippen LogP contribution < -0.4 is 10.2 Å². The minimum atomic E-state index is -0.134. The number of aromatic nitrogens is 3. The number of hydrogen-bond donors (Lipinski definition) is 1. The number of aryl methyl sites for hydroxylation is 2. The monoisotopic (exact) mass is 437 g/mol. The molecule has 1 fully saturated rings. The van der Waals surface area contributed by atoms with Crippen molar-refractivity contribution in [1.29, 1.82) is 0 Å². The van der Waals surface area contributed by atoms with Crippen molar-refractivity contribution in [3.8, 4) is 0 Å². The summed E-state index contributed by atoms with van der Waals surface area (Å²) in [4.78, 5) is 31.0. The molecule has 0 bridgehead atoms. The van der Waals surface area contributed by atoms with Crippen LogP contribution in [0.3, 0.4) is 0 Å². The molecule has 1 aliphatic heterocycles. The maximum atomic E-state index is 13.1.